The molecule has 2 aromatic rings. The van der Waals surface area contributed by atoms with Crippen molar-refractivity contribution in [2.24, 2.45) is 11.3 Å². The number of benzene rings is 1. The van der Waals surface area contributed by atoms with E-state index >= 15 is 0 Å². The SMILES string of the molecule is CN(C)C(=O)[C@]12CCCN(C(=O)c3ccc(F)cc3)C[C@H]1CN(c1ncccn1)C2. The molecule has 2 aliphatic rings. The van der Waals surface area contributed by atoms with E-state index in [0.29, 0.717) is 44.1 Å². The van der Waals surface area contributed by atoms with Gasteiger partial charge in [-0.3, -0.25) is 9.59 Å². The Morgan fingerprint density at radius 1 is 1.13 bits per heavy atom. The predicted molar refractivity (Wildman–Crippen MR) is 110 cm³/mol. The Morgan fingerprint density at radius 2 is 1.83 bits per heavy atom. The number of likely N-dealkylation sites (tertiary alicyclic amines) is 1. The third-order valence-corrected chi connectivity index (χ3v) is 6.23. The van der Waals surface area contributed by atoms with Crippen LogP contribution in [0.2, 0.25) is 0 Å². The van der Waals surface area contributed by atoms with Crippen molar-refractivity contribution in [3.05, 3.63) is 54.1 Å². The molecule has 158 valence electrons. The number of anilines is 1. The van der Waals surface area contributed by atoms with Gasteiger partial charge in [-0.1, -0.05) is 0 Å². The molecule has 3 heterocycles. The van der Waals surface area contributed by atoms with Crippen LogP contribution in [0.3, 0.4) is 0 Å². The average Bonchev–Trinajstić information content (AvgIpc) is 3.02. The van der Waals surface area contributed by atoms with E-state index in [4.69, 9.17) is 0 Å². The highest BCUT2D eigenvalue weighted by atomic mass is 19.1. The Kier molecular flexibility index (Phi) is 5.40. The first kappa shape index (κ1) is 20.3. The summed E-state index contributed by atoms with van der Waals surface area (Å²) in [5, 5.41) is 0. The molecule has 30 heavy (non-hydrogen) atoms. The molecule has 4 rings (SSSR count). The molecule has 0 bridgehead atoms. The summed E-state index contributed by atoms with van der Waals surface area (Å²) in [5.74, 6) is 0.155. The number of halogens is 1. The first-order valence-electron chi connectivity index (χ1n) is 10.2. The van der Waals surface area contributed by atoms with E-state index in [1.807, 2.05) is 0 Å². The van der Waals surface area contributed by atoms with E-state index in [0.717, 1.165) is 6.42 Å². The van der Waals surface area contributed by atoms with Crippen molar-refractivity contribution in [3.8, 4) is 0 Å². The summed E-state index contributed by atoms with van der Waals surface area (Å²) in [7, 11) is 3.56. The number of aromatic nitrogens is 2. The van der Waals surface area contributed by atoms with Crippen LogP contribution in [0.25, 0.3) is 0 Å². The van der Waals surface area contributed by atoms with Gasteiger partial charge in [0.05, 0.1) is 5.41 Å². The lowest BCUT2D eigenvalue weighted by Gasteiger charge is -2.34. The molecule has 2 saturated heterocycles. The minimum atomic E-state index is -0.583. The zero-order valence-corrected chi connectivity index (χ0v) is 17.3. The first-order valence-corrected chi connectivity index (χ1v) is 10.2. The molecule has 2 aliphatic heterocycles. The number of fused-ring (bicyclic) bond motifs is 1. The number of hydrogen-bond acceptors (Lipinski definition) is 5. The van der Waals surface area contributed by atoms with Crippen LogP contribution in [-0.4, -0.2) is 71.9 Å². The minimum Gasteiger partial charge on any atom is -0.348 e. The summed E-state index contributed by atoms with van der Waals surface area (Å²) in [5.41, 5.74) is -0.121. The maximum Gasteiger partial charge on any atom is 0.253 e. The summed E-state index contributed by atoms with van der Waals surface area (Å²) in [6, 6.07) is 7.39. The predicted octanol–water partition coefficient (Wildman–Crippen LogP) is 2.06. The lowest BCUT2D eigenvalue weighted by atomic mass is 9.74. The van der Waals surface area contributed by atoms with Crippen LogP contribution >= 0.6 is 0 Å². The van der Waals surface area contributed by atoms with Gasteiger partial charge in [-0.05, 0) is 43.2 Å². The van der Waals surface area contributed by atoms with Crippen LogP contribution in [0.5, 0.6) is 0 Å². The lowest BCUT2D eigenvalue weighted by Crippen LogP contribution is -2.47. The van der Waals surface area contributed by atoms with E-state index in [-0.39, 0.29) is 23.5 Å². The monoisotopic (exact) mass is 411 g/mol. The molecule has 1 aromatic carbocycles. The van der Waals surface area contributed by atoms with E-state index in [1.54, 1.807) is 42.4 Å². The van der Waals surface area contributed by atoms with E-state index < -0.39 is 5.41 Å². The number of rotatable bonds is 3. The molecule has 0 N–H and O–H groups in total. The van der Waals surface area contributed by atoms with Gasteiger partial charge in [0.2, 0.25) is 11.9 Å². The molecule has 0 unspecified atom stereocenters. The zero-order valence-electron chi connectivity index (χ0n) is 17.3. The Balaban J connectivity index is 1.63. The molecule has 2 atom stereocenters. The molecule has 7 nitrogen and oxygen atoms in total. The molecule has 8 heteroatoms. The molecule has 0 aliphatic carbocycles. The summed E-state index contributed by atoms with van der Waals surface area (Å²) in [6.07, 6.45) is 4.82. The van der Waals surface area contributed by atoms with Crippen molar-refractivity contribution < 1.29 is 14.0 Å². The van der Waals surface area contributed by atoms with Crippen molar-refractivity contribution in [3.63, 3.8) is 0 Å². The standard InChI is InChI=1S/C22H26FN5O2/c1-26(2)20(30)22-9-3-12-27(19(29)16-5-7-18(23)8-6-16)13-17(22)14-28(15-22)21-24-10-4-11-25-21/h4-8,10-11,17H,3,9,12-15H2,1-2H3/t17-,22-/m0/s1. The molecule has 0 saturated carbocycles. The second-order valence-corrected chi connectivity index (χ2v) is 8.34. The van der Waals surface area contributed by atoms with Crippen molar-refractivity contribution in [1.29, 1.82) is 0 Å². The molecule has 0 radical (unpaired) electrons. The van der Waals surface area contributed by atoms with Gasteiger partial charge in [-0.2, -0.15) is 0 Å². The van der Waals surface area contributed by atoms with Gasteiger partial charge in [0.15, 0.2) is 0 Å². The smallest absolute Gasteiger partial charge is 0.253 e. The topological polar surface area (TPSA) is 69.6 Å². The van der Waals surface area contributed by atoms with E-state index in [1.165, 1.54) is 24.3 Å². The summed E-state index contributed by atoms with van der Waals surface area (Å²) in [4.78, 5) is 40.6. The lowest BCUT2D eigenvalue weighted by molar-refractivity contribution is -0.141. The second kappa shape index (κ2) is 8.01. The van der Waals surface area contributed by atoms with Crippen LogP contribution < -0.4 is 4.90 Å². The maximum absolute atomic E-state index is 13.3. The fourth-order valence-corrected chi connectivity index (χ4v) is 4.79. The third kappa shape index (κ3) is 3.62. The van der Waals surface area contributed by atoms with Gasteiger partial charge in [0, 0.05) is 64.1 Å². The molecule has 0 spiro atoms. The molecule has 2 fully saturated rings. The highest BCUT2D eigenvalue weighted by molar-refractivity contribution is 5.94. The Morgan fingerprint density at radius 3 is 2.50 bits per heavy atom. The fraction of sp³-hybridized carbons (Fsp3) is 0.455. The summed E-state index contributed by atoms with van der Waals surface area (Å²) in [6.45, 7) is 2.20. The van der Waals surface area contributed by atoms with Gasteiger partial charge in [0.25, 0.3) is 5.91 Å². The number of nitrogens with zero attached hydrogens (tertiary/aromatic N) is 5. The van der Waals surface area contributed by atoms with E-state index in [2.05, 4.69) is 14.9 Å². The van der Waals surface area contributed by atoms with Crippen molar-refractivity contribution in [2.75, 3.05) is 45.2 Å². The third-order valence-electron chi connectivity index (χ3n) is 6.23. The van der Waals surface area contributed by atoms with Crippen LogP contribution in [0.4, 0.5) is 10.3 Å². The Hall–Kier alpha value is -3.03. The van der Waals surface area contributed by atoms with Gasteiger partial charge < -0.3 is 14.7 Å². The molecular weight excluding hydrogens is 385 g/mol. The summed E-state index contributed by atoms with van der Waals surface area (Å²) >= 11 is 0. The van der Waals surface area contributed by atoms with Gasteiger partial charge in [-0.15, -0.1) is 0 Å². The van der Waals surface area contributed by atoms with Crippen LogP contribution in [0, 0.1) is 17.2 Å². The highest BCUT2D eigenvalue weighted by Crippen LogP contribution is 2.44. The van der Waals surface area contributed by atoms with Gasteiger partial charge in [-0.25, -0.2) is 14.4 Å². The highest BCUT2D eigenvalue weighted by Gasteiger charge is 2.54. The Labute approximate surface area is 175 Å². The summed E-state index contributed by atoms with van der Waals surface area (Å²) < 4.78 is 13.3. The van der Waals surface area contributed by atoms with Crippen molar-refractivity contribution >= 4 is 17.8 Å². The van der Waals surface area contributed by atoms with Gasteiger partial charge >= 0.3 is 0 Å². The van der Waals surface area contributed by atoms with Gasteiger partial charge in [0.1, 0.15) is 5.82 Å². The maximum atomic E-state index is 13.3. The average molecular weight is 411 g/mol. The van der Waals surface area contributed by atoms with Crippen LogP contribution in [-0.2, 0) is 4.79 Å². The first-order chi connectivity index (χ1) is 14.4. The molecule has 2 amide bonds. The number of carbonyl (C=O) groups is 2. The van der Waals surface area contributed by atoms with Crippen molar-refractivity contribution in [2.45, 2.75) is 12.8 Å². The largest absolute Gasteiger partial charge is 0.348 e. The minimum absolute atomic E-state index is 0.0388. The van der Waals surface area contributed by atoms with E-state index in [9.17, 15) is 14.0 Å². The quantitative estimate of drug-likeness (QED) is 0.773. The molecular formula is C22H26FN5O2. The van der Waals surface area contributed by atoms with Crippen LogP contribution in [0.1, 0.15) is 23.2 Å². The van der Waals surface area contributed by atoms with Crippen molar-refractivity contribution in [1.82, 2.24) is 19.8 Å². The number of amides is 2. The normalized spacial score (nSPS) is 23.6. The molecule has 1 aromatic heterocycles. The number of hydrogen-bond donors (Lipinski definition) is 0. The second-order valence-electron chi connectivity index (χ2n) is 8.34. The zero-order chi connectivity index (χ0) is 21.3. The number of carbonyl (C=O) groups excluding carboxylic acids is 2. The Bertz CT molecular complexity index is 921. The van der Waals surface area contributed by atoms with Crippen LogP contribution in [0.15, 0.2) is 42.7 Å². The fourth-order valence-electron chi connectivity index (χ4n) is 4.79.